The van der Waals surface area contributed by atoms with Gasteiger partial charge in [-0.05, 0) is 43.4 Å². The molecule has 1 spiro atoms. The molecule has 0 unspecified atom stereocenters. The van der Waals surface area contributed by atoms with Crippen LogP contribution < -0.4 is 10.6 Å². The molecule has 0 radical (unpaired) electrons. The van der Waals surface area contributed by atoms with E-state index in [1.54, 1.807) is 19.2 Å². The van der Waals surface area contributed by atoms with Crippen LogP contribution in [0.1, 0.15) is 40.1 Å². The van der Waals surface area contributed by atoms with Crippen molar-refractivity contribution in [3.05, 3.63) is 29.6 Å². The molecule has 3 heterocycles. The molecule has 7 heteroatoms. The lowest BCUT2D eigenvalue weighted by molar-refractivity contribution is 0.0607. The van der Waals surface area contributed by atoms with E-state index in [0.29, 0.717) is 16.7 Å². The summed E-state index contributed by atoms with van der Waals surface area (Å²) in [4.78, 5) is 30.0. The fourth-order valence-corrected chi connectivity index (χ4v) is 3.37. The van der Waals surface area contributed by atoms with E-state index in [4.69, 9.17) is 0 Å². The van der Waals surface area contributed by atoms with Crippen molar-refractivity contribution in [1.82, 2.24) is 20.5 Å². The van der Waals surface area contributed by atoms with E-state index in [9.17, 15) is 9.59 Å². The topological polar surface area (TPSA) is 74.3 Å². The fourth-order valence-electron chi connectivity index (χ4n) is 3.37. The Kier molecular flexibility index (Phi) is 5.59. The summed E-state index contributed by atoms with van der Waals surface area (Å²) >= 11 is 0. The SMILES string of the molecule is CNC(=O)c1ccc(C(=O)N2CCC3(CCNC3)CC2)cn1.Cl. The molecule has 0 saturated carbocycles. The average molecular weight is 339 g/mol. The smallest absolute Gasteiger partial charge is 0.269 e. The van der Waals surface area contributed by atoms with Gasteiger partial charge in [-0.3, -0.25) is 14.6 Å². The zero-order valence-electron chi connectivity index (χ0n) is 13.3. The lowest BCUT2D eigenvalue weighted by atomic mass is 9.78. The fraction of sp³-hybridized carbons (Fsp3) is 0.562. The molecule has 2 aliphatic rings. The first-order valence-electron chi connectivity index (χ1n) is 7.82. The van der Waals surface area contributed by atoms with Gasteiger partial charge in [-0.15, -0.1) is 12.4 Å². The van der Waals surface area contributed by atoms with E-state index in [0.717, 1.165) is 39.0 Å². The van der Waals surface area contributed by atoms with Crippen LogP contribution in [0, 0.1) is 5.41 Å². The number of hydrogen-bond acceptors (Lipinski definition) is 4. The minimum Gasteiger partial charge on any atom is -0.354 e. The van der Waals surface area contributed by atoms with E-state index in [1.807, 2.05) is 4.90 Å². The number of nitrogens with one attached hydrogen (secondary N) is 2. The average Bonchev–Trinajstić information content (AvgIpc) is 3.02. The summed E-state index contributed by atoms with van der Waals surface area (Å²) in [6.45, 7) is 3.78. The van der Waals surface area contributed by atoms with Crippen molar-refractivity contribution in [2.24, 2.45) is 5.41 Å². The number of carbonyl (C=O) groups is 2. The molecular formula is C16H23ClN4O2. The standard InChI is InChI=1S/C16H22N4O2.ClH/c1-17-14(21)13-3-2-12(10-19-13)15(22)20-8-5-16(6-9-20)4-7-18-11-16;/h2-3,10,18H,4-9,11H2,1H3,(H,17,21);1H. The molecule has 23 heavy (non-hydrogen) atoms. The van der Waals surface area contributed by atoms with Gasteiger partial charge in [0, 0.05) is 32.9 Å². The summed E-state index contributed by atoms with van der Waals surface area (Å²) in [5.41, 5.74) is 1.28. The van der Waals surface area contributed by atoms with Crippen LogP contribution >= 0.6 is 12.4 Å². The number of pyridine rings is 1. The summed E-state index contributed by atoms with van der Waals surface area (Å²) in [6, 6.07) is 3.28. The number of nitrogens with zero attached hydrogens (tertiary/aromatic N) is 2. The Morgan fingerprint density at radius 3 is 2.52 bits per heavy atom. The Labute approximate surface area is 142 Å². The van der Waals surface area contributed by atoms with Crippen molar-refractivity contribution in [3.8, 4) is 0 Å². The largest absolute Gasteiger partial charge is 0.354 e. The highest BCUT2D eigenvalue weighted by Gasteiger charge is 2.38. The Balaban J connectivity index is 0.00000192. The third kappa shape index (κ3) is 3.64. The van der Waals surface area contributed by atoms with Gasteiger partial charge in [-0.25, -0.2) is 0 Å². The van der Waals surface area contributed by atoms with E-state index in [-0.39, 0.29) is 24.2 Å². The molecule has 0 aliphatic carbocycles. The number of rotatable bonds is 2. The quantitative estimate of drug-likeness (QED) is 0.846. The number of hydrogen-bond donors (Lipinski definition) is 2. The number of piperidine rings is 1. The van der Waals surface area contributed by atoms with Gasteiger partial charge in [0.1, 0.15) is 5.69 Å². The third-order valence-corrected chi connectivity index (χ3v) is 4.91. The number of likely N-dealkylation sites (tertiary alicyclic amines) is 1. The number of amides is 2. The number of halogens is 1. The second kappa shape index (κ2) is 7.27. The van der Waals surface area contributed by atoms with Crippen LogP contribution in [0.5, 0.6) is 0 Å². The summed E-state index contributed by atoms with van der Waals surface area (Å²) in [5, 5.41) is 5.95. The van der Waals surface area contributed by atoms with Crippen LogP contribution in [-0.2, 0) is 0 Å². The van der Waals surface area contributed by atoms with Gasteiger partial charge in [0.2, 0.25) is 0 Å². The zero-order valence-corrected chi connectivity index (χ0v) is 14.1. The van der Waals surface area contributed by atoms with Gasteiger partial charge in [0.25, 0.3) is 11.8 Å². The molecule has 1 aromatic rings. The van der Waals surface area contributed by atoms with Crippen molar-refractivity contribution >= 4 is 24.2 Å². The van der Waals surface area contributed by atoms with Crippen molar-refractivity contribution < 1.29 is 9.59 Å². The molecule has 2 saturated heterocycles. The molecule has 2 N–H and O–H groups in total. The van der Waals surface area contributed by atoms with E-state index < -0.39 is 0 Å². The molecule has 126 valence electrons. The molecule has 0 aromatic carbocycles. The highest BCUT2D eigenvalue weighted by Crippen LogP contribution is 2.37. The summed E-state index contributed by atoms with van der Waals surface area (Å²) in [7, 11) is 1.56. The van der Waals surface area contributed by atoms with Crippen molar-refractivity contribution in [1.29, 1.82) is 0 Å². The molecule has 2 fully saturated rings. The number of carbonyl (C=O) groups excluding carboxylic acids is 2. The second-order valence-electron chi connectivity index (χ2n) is 6.23. The normalized spacial score (nSPS) is 19.3. The first kappa shape index (κ1) is 17.7. The Hall–Kier alpha value is -1.66. The highest BCUT2D eigenvalue weighted by atomic mass is 35.5. The minimum atomic E-state index is -0.243. The molecule has 0 atom stereocenters. The second-order valence-corrected chi connectivity index (χ2v) is 6.23. The van der Waals surface area contributed by atoms with Crippen LogP contribution in [0.25, 0.3) is 0 Å². The molecule has 1 aromatic heterocycles. The summed E-state index contributed by atoms with van der Waals surface area (Å²) in [5.74, 6) is -0.232. The minimum absolute atomic E-state index is 0. The van der Waals surface area contributed by atoms with Crippen molar-refractivity contribution in [2.75, 3.05) is 33.2 Å². The Bertz CT molecular complexity index is 560. The van der Waals surface area contributed by atoms with Crippen LogP contribution in [0.2, 0.25) is 0 Å². The van der Waals surface area contributed by atoms with Crippen LogP contribution in [0.4, 0.5) is 0 Å². The van der Waals surface area contributed by atoms with Crippen LogP contribution in [0.15, 0.2) is 18.3 Å². The van der Waals surface area contributed by atoms with Gasteiger partial charge in [0.15, 0.2) is 0 Å². The van der Waals surface area contributed by atoms with Gasteiger partial charge < -0.3 is 15.5 Å². The van der Waals surface area contributed by atoms with Crippen molar-refractivity contribution in [2.45, 2.75) is 19.3 Å². The molecular weight excluding hydrogens is 316 g/mol. The first-order valence-corrected chi connectivity index (χ1v) is 7.82. The third-order valence-electron chi connectivity index (χ3n) is 4.91. The lowest BCUT2D eigenvalue weighted by Gasteiger charge is -2.38. The van der Waals surface area contributed by atoms with Gasteiger partial charge in [0.05, 0.1) is 5.56 Å². The van der Waals surface area contributed by atoms with Crippen molar-refractivity contribution in [3.63, 3.8) is 0 Å². The molecule has 6 nitrogen and oxygen atoms in total. The molecule has 3 rings (SSSR count). The van der Waals surface area contributed by atoms with E-state index in [2.05, 4.69) is 15.6 Å². The summed E-state index contributed by atoms with van der Waals surface area (Å²) in [6.07, 6.45) is 4.84. The predicted octanol–water partition coefficient (Wildman–Crippen LogP) is 1.08. The molecule has 0 bridgehead atoms. The predicted molar refractivity (Wildman–Crippen MR) is 89.9 cm³/mol. The molecule has 2 amide bonds. The van der Waals surface area contributed by atoms with E-state index >= 15 is 0 Å². The van der Waals surface area contributed by atoms with Crippen LogP contribution in [-0.4, -0.2) is 54.9 Å². The summed E-state index contributed by atoms with van der Waals surface area (Å²) < 4.78 is 0. The Morgan fingerprint density at radius 2 is 2.00 bits per heavy atom. The lowest BCUT2D eigenvalue weighted by Crippen LogP contribution is -2.44. The zero-order chi connectivity index (χ0) is 15.6. The maximum atomic E-state index is 12.5. The monoisotopic (exact) mass is 338 g/mol. The first-order chi connectivity index (χ1) is 10.6. The Morgan fingerprint density at radius 1 is 1.26 bits per heavy atom. The van der Waals surface area contributed by atoms with E-state index in [1.165, 1.54) is 12.6 Å². The molecule has 2 aliphatic heterocycles. The van der Waals surface area contributed by atoms with Crippen LogP contribution in [0.3, 0.4) is 0 Å². The maximum absolute atomic E-state index is 12.5. The number of aromatic nitrogens is 1. The van der Waals surface area contributed by atoms with Gasteiger partial charge in [-0.2, -0.15) is 0 Å². The highest BCUT2D eigenvalue weighted by molar-refractivity contribution is 5.96. The maximum Gasteiger partial charge on any atom is 0.269 e. The van der Waals surface area contributed by atoms with Gasteiger partial charge >= 0.3 is 0 Å². The van der Waals surface area contributed by atoms with Gasteiger partial charge in [-0.1, -0.05) is 0 Å².